The van der Waals surface area contributed by atoms with Gasteiger partial charge in [0.1, 0.15) is 0 Å². The number of benzene rings is 2. The maximum Gasteiger partial charge on any atom is 0.262 e. The summed E-state index contributed by atoms with van der Waals surface area (Å²) >= 11 is 0. The minimum atomic E-state index is -3.74. The molecule has 1 heterocycles. The number of rotatable bonds is 4. The molecule has 0 aliphatic carbocycles. The van der Waals surface area contributed by atoms with Gasteiger partial charge in [0.15, 0.2) is 0 Å². The Hall–Kier alpha value is -2.54. The van der Waals surface area contributed by atoms with Crippen molar-refractivity contribution < 1.29 is 13.2 Å². The van der Waals surface area contributed by atoms with Gasteiger partial charge >= 0.3 is 0 Å². The molecule has 0 unspecified atom stereocenters. The van der Waals surface area contributed by atoms with Gasteiger partial charge in [0, 0.05) is 13.1 Å². The summed E-state index contributed by atoms with van der Waals surface area (Å²) in [5, 5.41) is 2.78. The van der Waals surface area contributed by atoms with Crippen molar-refractivity contribution in [2.45, 2.75) is 25.7 Å². The van der Waals surface area contributed by atoms with Gasteiger partial charge in [-0.3, -0.25) is 9.52 Å². The lowest BCUT2D eigenvalue weighted by molar-refractivity contribution is -0.120. The van der Waals surface area contributed by atoms with E-state index in [0.717, 1.165) is 5.56 Å². The number of nitrogens with one attached hydrogen (secondary N) is 2. The first kappa shape index (κ1) is 18.3. The lowest BCUT2D eigenvalue weighted by atomic mass is 10.1. The molecule has 0 radical (unpaired) electrons. The second-order valence-electron chi connectivity index (χ2n) is 6.62. The van der Waals surface area contributed by atoms with Gasteiger partial charge in [-0.25, -0.2) is 8.42 Å². The van der Waals surface area contributed by atoms with Crippen LogP contribution in [0.1, 0.15) is 16.7 Å². The smallest absolute Gasteiger partial charge is 0.262 e. The van der Waals surface area contributed by atoms with Crippen LogP contribution in [0.15, 0.2) is 41.3 Å². The van der Waals surface area contributed by atoms with Crippen LogP contribution in [0, 0.1) is 20.8 Å². The first-order valence-corrected chi connectivity index (χ1v) is 9.97. The summed E-state index contributed by atoms with van der Waals surface area (Å²) in [5.74, 6) is -0.0702. The minimum Gasteiger partial charge on any atom is -0.359 e. The molecule has 138 valence electrons. The molecule has 0 atom stereocenters. The van der Waals surface area contributed by atoms with E-state index in [4.69, 9.17) is 0 Å². The normalized spacial score (nSPS) is 14.9. The number of anilines is 2. The topological polar surface area (TPSA) is 78.5 Å². The van der Waals surface area contributed by atoms with Crippen molar-refractivity contribution in [2.75, 3.05) is 29.3 Å². The fourth-order valence-electron chi connectivity index (χ4n) is 3.47. The lowest BCUT2D eigenvalue weighted by Gasteiger charge is -2.30. The highest BCUT2D eigenvalue weighted by Crippen LogP contribution is 2.30. The van der Waals surface area contributed by atoms with Gasteiger partial charge < -0.3 is 10.2 Å². The highest BCUT2D eigenvalue weighted by molar-refractivity contribution is 7.92. The van der Waals surface area contributed by atoms with Gasteiger partial charge in [0.2, 0.25) is 5.91 Å². The fourth-order valence-corrected chi connectivity index (χ4v) is 5.00. The summed E-state index contributed by atoms with van der Waals surface area (Å²) in [7, 11) is -3.74. The number of nitrogens with zero attached hydrogens (tertiary/aromatic N) is 1. The van der Waals surface area contributed by atoms with E-state index >= 15 is 0 Å². The second kappa shape index (κ2) is 6.99. The zero-order chi connectivity index (χ0) is 18.9. The van der Waals surface area contributed by atoms with Gasteiger partial charge in [-0.05, 0) is 44.0 Å². The summed E-state index contributed by atoms with van der Waals surface area (Å²) in [6.45, 7) is 6.93. The molecule has 0 aromatic heterocycles. The minimum absolute atomic E-state index is 0.0702. The molecule has 1 aliphatic heterocycles. The number of piperazine rings is 1. The van der Waals surface area contributed by atoms with Crippen molar-refractivity contribution in [3.63, 3.8) is 0 Å². The first-order valence-electron chi connectivity index (χ1n) is 8.49. The van der Waals surface area contributed by atoms with E-state index in [9.17, 15) is 13.2 Å². The van der Waals surface area contributed by atoms with Crippen molar-refractivity contribution in [1.29, 1.82) is 0 Å². The van der Waals surface area contributed by atoms with Crippen LogP contribution < -0.4 is 14.9 Å². The van der Waals surface area contributed by atoms with E-state index in [1.807, 2.05) is 36.1 Å². The molecule has 1 saturated heterocycles. The maximum absolute atomic E-state index is 13.0. The third-order valence-electron chi connectivity index (χ3n) is 4.40. The summed E-state index contributed by atoms with van der Waals surface area (Å²) < 4.78 is 28.8. The molecule has 0 saturated carbocycles. The molecule has 1 fully saturated rings. The standard InChI is InChI=1S/C19H23N3O3S/c1-13-10-14(2)19(15(3)11-13)26(24,25)21-16-6-4-5-7-17(16)22-9-8-20-18(23)12-22/h4-7,10-11,21H,8-9,12H2,1-3H3,(H,20,23). The molecule has 0 spiro atoms. The SMILES string of the molecule is Cc1cc(C)c(S(=O)(=O)Nc2ccccc2N2CCNC(=O)C2)c(C)c1. The Morgan fingerprint density at radius 3 is 2.38 bits per heavy atom. The molecule has 3 rings (SSSR count). The molecular weight excluding hydrogens is 350 g/mol. The van der Waals surface area contributed by atoms with Crippen LogP contribution in [-0.2, 0) is 14.8 Å². The molecule has 7 heteroatoms. The molecule has 1 amide bonds. The quantitative estimate of drug-likeness (QED) is 0.862. The van der Waals surface area contributed by atoms with Crippen molar-refractivity contribution in [3.05, 3.63) is 53.1 Å². The van der Waals surface area contributed by atoms with Crippen LogP contribution in [0.2, 0.25) is 0 Å². The van der Waals surface area contributed by atoms with E-state index in [1.54, 1.807) is 26.0 Å². The summed E-state index contributed by atoms with van der Waals surface area (Å²) in [6.07, 6.45) is 0. The van der Waals surface area contributed by atoms with Gasteiger partial charge in [-0.2, -0.15) is 0 Å². The Kier molecular flexibility index (Phi) is 4.91. The van der Waals surface area contributed by atoms with E-state index in [2.05, 4.69) is 10.0 Å². The van der Waals surface area contributed by atoms with Crippen LogP contribution in [0.4, 0.5) is 11.4 Å². The number of amides is 1. The van der Waals surface area contributed by atoms with E-state index in [1.165, 1.54) is 0 Å². The van der Waals surface area contributed by atoms with Crippen LogP contribution in [-0.4, -0.2) is 34.0 Å². The molecule has 2 N–H and O–H groups in total. The largest absolute Gasteiger partial charge is 0.359 e. The summed E-state index contributed by atoms with van der Waals surface area (Å²) in [5.41, 5.74) is 3.63. The van der Waals surface area contributed by atoms with E-state index in [0.29, 0.717) is 40.5 Å². The molecule has 26 heavy (non-hydrogen) atoms. The lowest BCUT2D eigenvalue weighted by Crippen LogP contribution is -2.47. The number of sulfonamides is 1. The Morgan fingerprint density at radius 1 is 1.08 bits per heavy atom. The Bertz CT molecular complexity index is 931. The van der Waals surface area contributed by atoms with Crippen molar-refractivity contribution in [2.24, 2.45) is 0 Å². The predicted octanol–water partition coefficient (Wildman–Crippen LogP) is 2.35. The third kappa shape index (κ3) is 3.67. The van der Waals surface area contributed by atoms with Gasteiger partial charge in [-0.1, -0.05) is 29.8 Å². The Balaban J connectivity index is 1.98. The van der Waals surface area contributed by atoms with E-state index in [-0.39, 0.29) is 12.5 Å². The molecular formula is C19H23N3O3S. The zero-order valence-corrected chi connectivity index (χ0v) is 16.0. The molecule has 2 aromatic carbocycles. The monoisotopic (exact) mass is 373 g/mol. The average Bonchev–Trinajstić information content (AvgIpc) is 2.53. The predicted molar refractivity (Wildman–Crippen MR) is 103 cm³/mol. The number of aryl methyl sites for hydroxylation is 3. The molecule has 1 aliphatic rings. The average molecular weight is 373 g/mol. The third-order valence-corrected chi connectivity index (χ3v) is 6.07. The molecule has 0 bridgehead atoms. The zero-order valence-electron chi connectivity index (χ0n) is 15.2. The van der Waals surface area contributed by atoms with Crippen LogP contribution in [0.3, 0.4) is 0 Å². The summed E-state index contributed by atoms with van der Waals surface area (Å²) in [4.78, 5) is 13.9. The van der Waals surface area contributed by atoms with Crippen molar-refractivity contribution in [3.8, 4) is 0 Å². The Labute approximate surface area is 154 Å². The van der Waals surface area contributed by atoms with E-state index < -0.39 is 10.0 Å². The number of carbonyl (C=O) groups excluding carboxylic acids is 1. The number of hydrogen-bond donors (Lipinski definition) is 2. The number of hydrogen-bond acceptors (Lipinski definition) is 4. The molecule has 2 aromatic rings. The first-order chi connectivity index (χ1) is 12.3. The maximum atomic E-state index is 13.0. The highest BCUT2D eigenvalue weighted by atomic mass is 32.2. The van der Waals surface area contributed by atoms with Crippen LogP contribution in [0.5, 0.6) is 0 Å². The number of para-hydroxylation sites is 2. The Morgan fingerprint density at radius 2 is 1.73 bits per heavy atom. The van der Waals surface area contributed by atoms with Crippen molar-refractivity contribution >= 4 is 27.3 Å². The van der Waals surface area contributed by atoms with Crippen molar-refractivity contribution in [1.82, 2.24) is 5.32 Å². The molecule has 6 nitrogen and oxygen atoms in total. The second-order valence-corrected chi connectivity index (χ2v) is 8.24. The van der Waals surface area contributed by atoms with Gasteiger partial charge in [-0.15, -0.1) is 0 Å². The summed E-state index contributed by atoms with van der Waals surface area (Å²) in [6, 6.07) is 10.9. The van der Waals surface area contributed by atoms with Gasteiger partial charge in [0.05, 0.1) is 22.8 Å². The van der Waals surface area contributed by atoms with Gasteiger partial charge in [0.25, 0.3) is 10.0 Å². The highest BCUT2D eigenvalue weighted by Gasteiger charge is 2.24. The number of carbonyl (C=O) groups is 1. The van der Waals surface area contributed by atoms with Crippen LogP contribution >= 0.6 is 0 Å². The fraction of sp³-hybridized carbons (Fsp3) is 0.316. The van der Waals surface area contributed by atoms with Crippen LogP contribution in [0.25, 0.3) is 0 Å².